The number of amides is 2. The van der Waals surface area contributed by atoms with Gasteiger partial charge in [-0.25, -0.2) is 0 Å². The van der Waals surface area contributed by atoms with Gasteiger partial charge in [-0.1, -0.05) is 90.9 Å². The van der Waals surface area contributed by atoms with Gasteiger partial charge in [0.15, 0.2) is 0 Å². The quantitative estimate of drug-likeness (QED) is 0.199. The van der Waals surface area contributed by atoms with Crippen molar-refractivity contribution in [2.24, 2.45) is 0 Å². The van der Waals surface area contributed by atoms with Crippen molar-refractivity contribution >= 4 is 23.2 Å². The fourth-order valence-electron chi connectivity index (χ4n) is 4.48. The van der Waals surface area contributed by atoms with Crippen LogP contribution in [0.4, 0.5) is 11.4 Å². The third-order valence-corrected chi connectivity index (χ3v) is 6.28. The van der Waals surface area contributed by atoms with E-state index in [1.165, 1.54) is 56.3 Å². The fourth-order valence-corrected chi connectivity index (χ4v) is 4.48. The maximum Gasteiger partial charge on any atom is 0.263 e. The number of fused-ring (bicyclic) bond motifs is 1. The summed E-state index contributed by atoms with van der Waals surface area (Å²) in [7, 11) is 0. The molecule has 1 aliphatic heterocycles. The first-order chi connectivity index (χ1) is 14.5. The van der Waals surface area contributed by atoms with E-state index in [9.17, 15) is 9.59 Å². The minimum absolute atomic E-state index is 0.0615. The molecule has 0 atom stereocenters. The number of hydrogen-bond donors (Lipinski definition) is 2. The largest absolute Gasteiger partial charge is 0.398 e. The zero-order valence-electron chi connectivity index (χ0n) is 19.0. The molecule has 1 heterocycles. The Morgan fingerprint density at radius 2 is 1.03 bits per heavy atom. The maximum atomic E-state index is 13.1. The molecule has 1 aromatic carbocycles. The van der Waals surface area contributed by atoms with Crippen LogP contribution in [-0.4, -0.2) is 22.8 Å². The zero-order chi connectivity index (χ0) is 21.9. The van der Waals surface area contributed by atoms with E-state index >= 15 is 0 Å². The molecule has 0 saturated carbocycles. The number of nitrogen functional groups attached to an aromatic ring is 2. The van der Waals surface area contributed by atoms with Crippen LogP contribution >= 0.6 is 0 Å². The molecule has 0 fully saturated rings. The van der Waals surface area contributed by atoms with Crippen LogP contribution in [0.2, 0.25) is 0 Å². The molecule has 0 saturated heterocycles. The van der Waals surface area contributed by atoms with Gasteiger partial charge in [0.2, 0.25) is 0 Å². The molecule has 0 aliphatic carbocycles. The summed E-state index contributed by atoms with van der Waals surface area (Å²) < 4.78 is 0. The lowest BCUT2D eigenvalue weighted by atomic mass is 9.98. The third-order valence-electron chi connectivity index (χ3n) is 6.28. The lowest BCUT2D eigenvalue weighted by Crippen LogP contribution is -2.40. The molecule has 5 heteroatoms. The SMILES string of the molecule is CCCCCCCCC(CCCCCCCC)N1C(=O)c2c(N)ccc(N)c2C1=O. The number of nitrogens with zero attached hydrogens (tertiary/aromatic N) is 1. The lowest BCUT2D eigenvalue weighted by molar-refractivity contribution is 0.0563. The van der Waals surface area contributed by atoms with Crippen molar-refractivity contribution in [2.45, 2.75) is 110 Å². The van der Waals surface area contributed by atoms with Crippen LogP contribution in [0.25, 0.3) is 0 Å². The summed E-state index contributed by atoms with van der Waals surface area (Å²) in [5.74, 6) is -0.525. The fraction of sp³-hybridized carbons (Fsp3) is 0.680. The van der Waals surface area contributed by atoms with Gasteiger partial charge in [-0.15, -0.1) is 0 Å². The summed E-state index contributed by atoms with van der Waals surface area (Å²) in [5, 5.41) is 0. The summed E-state index contributed by atoms with van der Waals surface area (Å²) in [5.41, 5.74) is 13.4. The number of rotatable bonds is 15. The Labute approximate surface area is 182 Å². The molecule has 0 unspecified atom stereocenters. The van der Waals surface area contributed by atoms with Crippen molar-refractivity contribution in [1.29, 1.82) is 0 Å². The number of carbonyl (C=O) groups excluding carboxylic acids is 2. The van der Waals surface area contributed by atoms with Crippen LogP contribution in [0.3, 0.4) is 0 Å². The second-order valence-corrected chi connectivity index (χ2v) is 8.74. The molecule has 0 spiro atoms. The number of nitrogens with two attached hydrogens (primary N) is 2. The van der Waals surface area contributed by atoms with E-state index in [2.05, 4.69) is 13.8 Å². The predicted molar refractivity (Wildman–Crippen MR) is 126 cm³/mol. The summed E-state index contributed by atoms with van der Waals surface area (Å²) >= 11 is 0. The van der Waals surface area contributed by atoms with Gasteiger partial charge in [-0.05, 0) is 25.0 Å². The highest BCUT2D eigenvalue weighted by Gasteiger charge is 2.42. The van der Waals surface area contributed by atoms with Gasteiger partial charge in [0.05, 0.1) is 11.1 Å². The van der Waals surface area contributed by atoms with Crippen molar-refractivity contribution in [3.05, 3.63) is 23.3 Å². The molecule has 2 rings (SSSR count). The Bertz CT molecular complexity index is 645. The van der Waals surface area contributed by atoms with Crippen LogP contribution in [0, 0.1) is 0 Å². The molecule has 30 heavy (non-hydrogen) atoms. The van der Waals surface area contributed by atoms with E-state index in [0.29, 0.717) is 22.5 Å². The van der Waals surface area contributed by atoms with Crippen LogP contribution in [-0.2, 0) is 0 Å². The minimum atomic E-state index is -0.262. The summed E-state index contributed by atoms with van der Waals surface area (Å²) in [6.45, 7) is 4.44. The van der Waals surface area contributed by atoms with Crippen molar-refractivity contribution in [2.75, 3.05) is 11.5 Å². The second kappa shape index (κ2) is 12.6. The average molecular weight is 416 g/mol. The van der Waals surface area contributed by atoms with Crippen molar-refractivity contribution in [3.8, 4) is 0 Å². The minimum Gasteiger partial charge on any atom is -0.398 e. The van der Waals surface area contributed by atoms with Gasteiger partial charge in [0.1, 0.15) is 0 Å². The number of anilines is 2. The predicted octanol–water partition coefficient (Wildman–Crippen LogP) is 6.32. The van der Waals surface area contributed by atoms with Crippen molar-refractivity contribution in [1.82, 2.24) is 4.90 Å². The number of imide groups is 1. The third kappa shape index (κ3) is 6.23. The molecular formula is C25H41N3O2. The smallest absolute Gasteiger partial charge is 0.263 e. The molecule has 0 radical (unpaired) electrons. The molecule has 1 aromatic rings. The van der Waals surface area contributed by atoms with Gasteiger partial charge in [-0.3, -0.25) is 14.5 Å². The summed E-state index contributed by atoms with van der Waals surface area (Å²) in [4.78, 5) is 27.7. The number of unbranched alkanes of at least 4 members (excludes halogenated alkanes) is 10. The van der Waals surface area contributed by atoms with Crippen LogP contribution in [0.1, 0.15) is 124 Å². The standard InChI is InChI=1S/C25H41N3O2/c1-3-5-7-9-11-13-15-19(16-14-12-10-8-6-4-2)28-24(29)22-20(26)17-18-21(27)23(22)25(28)30/h17-19H,3-16,26-27H2,1-2H3. The molecule has 0 aromatic heterocycles. The molecule has 4 N–H and O–H groups in total. The van der Waals surface area contributed by atoms with Crippen LogP contribution in [0.15, 0.2) is 12.1 Å². The van der Waals surface area contributed by atoms with Gasteiger partial charge >= 0.3 is 0 Å². The van der Waals surface area contributed by atoms with E-state index in [0.717, 1.165) is 38.5 Å². The van der Waals surface area contributed by atoms with Gasteiger partial charge in [0.25, 0.3) is 11.8 Å². The highest BCUT2D eigenvalue weighted by molar-refractivity contribution is 6.25. The molecular weight excluding hydrogens is 374 g/mol. The first-order valence-electron chi connectivity index (χ1n) is 12.1. The van der Waals surface area contributed by atoms with E-state index in [-0.39, 0.29) is 17.9 Å². The highest BCUT2D eigenvalue weighted by atomic mass is 16.2. The first-order valence-corrected chi connectivity index (χ1v) is 12.1. The Balaban J connectivity index is 2.03. The van der Waals surface area contributed by atoms with Gasteiger partial charge in [-0.2, -0.15) is 0 Å². The molecule has 0 bridgehead atoms. The summed E-state index contributed by atoms with van der Waals surface area (Å²) in [6.07, 6.45) is 16.1. The van der Waals surface area contributed by atoms with Gasteiger partial charge in [0, 0.05) is 17.4 Å². The van der Waals surface area contributed by atoms with Crippen molar-refractivity contribution < 1.29 is 9.59 Å². The number of benzene rings is 1. The van der Waals surface area contributed by atoms with Crippen LogP contribution in [0.5, 0.6) is 0 Å². The van der Waals surface area contributed by atoms with Gasteiger partial charge < -0.3 is 11.5 Å². The topological polar surface area (TPSA) is 89.4 Å². The summed E-state index contributed by atoms with van der Waals surface area (Å²) in [6, 6.07) is 3.19. The van der Waals surface area contributed by atoms with E-state index < -0.39 is 0 Å². The molecule has 2 amide bonds. The average Bonchev–Trinajstić information content (AvgIpc) is 3.00. The lowest BCUT2D eigenvalue weighted by Gasteiger charge is -2.26. The Kier molecular flexibility index (Phi) is 10.2. The van der Waals surface area contributed by atoms with Crippen LogP contribution < -0.4 is 11.5 Å². The second-order valence-electron chi connectivity index (χ2n) is 8.74. The maximum absolute atomic E-state index is 13.1. The number of hydrogen-bond acceptors (Lipinski definition) is 4. The van der Waals surface area contributed by atoms with E-state index in [1.807, 2.05) is 0 Å². The Morgan fingerprint density at radius 3 is 1.43 bits per heavy atom. The van der Waals surface area contributed by atoms with E-state index in [1.54, 1.807) is 12.1 Å². The highest BCUT2D eigenvalue weighted by Crippen LogP contribution is 2.35. The Morgan fingerprint density at radius 1 is 0.667 bits per heavy atom. The molecule has 5 nitrogen and oxygen atoms in total. The first kappa shape index (κ1) is 24.2. The zero-order valence-corrected chi connectivity index (χ0v) is 19.0. The normalized spacial score (nSPS) is 13.5. The monoisotopic (exact) mass is 415 g/mol. The number of carbonyl (C=O) groups is 2. The van der Waals surface area contributed by atoms with Crippen molar-refractivity contribution in [3.63, 3.8) is 0 Å². The van der Waals surface area contributed by atoms with E-state index in [4.69, 9.17) is 11.5 Å². The molecule has 168 valence electrons. The Hall–Kier alpha value is -2.04. The molecule has 1 aliphatic rings.